The Labute approximate surface area is 161 Å². The molecule has 2 aromatic carbocycles. The Morgan fingerprint density at radius 1 is 1.11 bits per heavy atom. The molecule has 142 valence electrons. The zero-order chi connectivity index (χ0) is 19.5. The number of aromatic nitrogens is 3. The number of rotatable bonds is 4. The van der Waals surface area contributed by atoms with Crippen molar-refractivity contribution >= 4 is 17.5 Å². The maximum absolute atomic E-state index is 13.1. The SMILES string of the molecule is COc1ccc(N2CCN(C(=O)c3ccccc3-c3ncn[nH]3)CC2=O)cc1. The van der Waals surface area contributed by atoms with Crippen LogP contribution in [0.2, 0.25) is 0 Å². The zero-order valence-corrected chi connectivity index (χ0v) is 15.3. The lowest BCUT2D eigenvalue weighted by atomic mass is 10.1. The lowest BCUT2D eigenvalue weighted by Gasteiger charge is -2.34. The summed E-state index contributed by atoms with van der Waals surface area (Å²) in [6, 6.07) is 14.5. The number of hydrogen-bond acceptors (Lipinski definition) is 5. The van der Waals surface area contributed by atoms with Crippen molar-refractivity contribution < 1.29 is 14.3 Å². The fourth-order valence-corrected chi connectivity index (χ4v) is 3.26. The largest absolute Gasteiger partial charge is 0.497 e. The summed E-state index contributed by atoms with van der Waals surface area (Å²) < 4.78 is 5.15. The fourth-order valence-electron chi connectivity index (χ4n) is 3.26. The van der Waals surface area contributed by atoms with Gasteiger partial charge in [0.05, 0.1) is 12.7 Å². The Bertz CT molecular complexity index is 985. The van der Waals surface area contributed by atoms with E-state index in [0.29, 0.717) is 30.0 Å². The molecule has 8 nitrogen and oxygen atoms in total. The van der Waals surface area contributed by atoms with Crippen molar-refractivity contribution in [1.82, 2.24) is 20.1 Å². The van der Waals surface area contributed by atoms with E-state index in [-0.39, 0.29) is 18.4 Å². The van der Waals surface area contributed by atoms with E-state index in [1.54, 1.807) is 29.0 Å². The number of benzene rings is 2. The minimum Gasteiger partial charge on any atom is -0.497 e. The number of carbonyl (C=O) groups is 2. The lowest BCUT2D eigenvalue weighted by molar-refractivity contribution is -0.120. The van der Waals surface area contributed by atoms with Crippen molar-refractivity contribution in [2.75, 3.05) is 31.6 Å². The molecule has 0 unspecified atom stereocenters. The third kappa shape index (κ3) is 3.32. The number of nitrogens with zero attached hydrogens (tertiary/aromatic N) is 4. The van der Waals surface area contributed by atoms with Gasteiger partial charge in [-0.3, -0.25) is 14.7 Å². The minimum absolute atomic E-state index is 0.0234. The third-order valence-electron chi connectivity index (χ3n) is 4.72. The molecule has 1 N–H and O–H groups in total. The number of piperazine rings is 1. The molecule has 1 fully saturated rings. The Morgan fingerprint density at radius 3 is 2.57 bits per heavy atom. The van der Waals surface area contributed by atoms with Gasteiger partial charge in [-0.15, -0.1) is 0 Å². The molecule has 4 rings (SSSR count). The number of methoxy groups -OCH3 is 1. The Balaban J connectivity index is 1.52. The molecule has 8 heteroatoms. The van der Waals surface area contributed by atoms with Crippen molar-refractivity contribution in [3.05, 3.63) is 60.4 Å². The normalized spacial score (nSPS) is 14.2. The van der Waals surface area contributed by atoms with Crippen LogP contribution in [0.5, 0.6) is 5.75 Å². The first-order valence-electron chi connectivity index (χ1n) is 8.86. The van der Waals surface area contributed by atoms with Gasteiger partial charge in [-0.05, 0) is 30.3 Å². The maximum Gasteiger partial charge on any atom is 0.255 e. The van der Waals surface area contributed by atoms with E-state index in [9.17, 15) is 9.59 Å². The predicted molar refractivity (Wildman–Crippen MR) is 103 cm³/mol. The van der Waals surface area contributed by atoms with Gasteiger partial charge in [0.25, 0.3) is 5.91 Å². The second-order valence-electron chi connectivity index (χ2n) is 6.35. The van der Waals surface area contributed by atoms with Gasteiger partial charge in [0.1, 0.15) is 18.6 Å². The first-order chi connectivity index (χ1) is 13.7. The molecule has 2 amide bonds. The first-order valence-corrected chi connectivity index (χ1v) is 8.86. The van der Waals surface area contributed by atoms with Crippen LogP contribution < -0.4 is 9.64 Å². The fraction of sp³-hybridized carbons (Fsp3) is 0.200. The summed E-state index contributed by atoms with van der Waals surface area (Å²) in [6.07, 6.45) is 1.40. The average molecular weight is 377 g/mol. The number of hydrogen-bond donors (Lipinski definition) is 1. The monoisotopic (exact) mass is 377 g/mol. The number of H-pyrrole nitrogens is 1. The maximum atomic E-state index is 13.1. The van der Waals surface area contributed by atoms with E-state index in [1.807, 2.05) is 36.4 Å². The molecule has 1 aromatic heterocycles. The Kier molecular flexibility index (Phi) is 4.76. The van der Waals surface area contributed by atoms with Crippen LogP contribution >= 0.6 is 0 Å². The zero-order valence-electron chi connectivity index (χ0n) is 15.3. The number of amides is 2. The van der Waals surface area contributed by atoms with Crippen LogP contribution in [-0.4, -0.2) is 58.6 Å². The smallest absolute Gasteiger partial charge is 0.255 e. The highest BCUT2D eigenvalue weighted by Crippen LogP contribution is 2.24. The van der Waals surface area contributed by atoms with Gasteiger partial charge in [-0.1, -0.05) is 18.2 Å². The second-order valence-corrected chi connectivity index (χ2v) is 6.35. The molecule has 1 aliphatic heterocycles. The quantitative estimate of drug-likeness (QED) is 0.751. The summed E-state index contributed by atoms with van der Waals surface area (Å²) in [4.78, 5) is 33.1. The van der Waals surface area contributed by atoms with E-state index >= 15 is 0 Å². The number of nitrogens with one attached hydrogen (secondary N) is 1. The van der Waals surface area contributed by atoms with Crippen LogP contribution in [0.15, 0.2) is 54.9 Å². The van der Waals surface area contributed by atoms with E-state index < -0.39 is 0 Å². The van der Waals surface area contributed by atoms with Gasteiger partial charge in [0, 0.05) is 24.3 Å². The molecular formula is C20H19N5O3. The highest BCUT2D eigenvalue weighted by atomic mass is 16.5. The molecule has 0 radical (unpaired) electrons. The number of aromatic amines is 1. The molecule has 1 saturated heterocycles. The molecule has 28 heavy (non-hydrogen) atoms. The van der Waals surface area contributed by atoms with Crippen LogP contribution in [0.4, 0.5) is 5.69 Å². The average Bonchev–Trinajstić information content (AvgIpc) is 3.28. The topological polar surface area (TPSA) is 91.4 Å². The van der Waals surface area contributed by atoms with Crippen LogP contribution in [0.1, 0.15) is 10.4 Å². The van der Waals surface area contributed by atoms with Gasteiger partial charge < -0.3 is 14.5 Å². The van der Waals surface area contributed by atoms with Crippen molar-refractivity contribution in [2.24, 2.45) is 0 Å². The van der Waals surface area contributed by atoms with Crippen molar-refractivity contribution in [3.63, 3.8) is 0 Å². The van der Waals surface area contributed by atoms with Gasteiger partial charge in [-0.25, -0.2) is 4.98 Å². The molecule has 0 atom stereocenters. The number of carbonyl (C=O) groups excluding carboxylic acids is 2. The molecular weight excluding hydrogens is 358 g/mol. The molecule has 3 aromatic rings. The molecule has 0 bridgehead atoms. The van der Waals surface area contributed by atoms with E-state index in [1.165, 1.54) is 6.33 Å². The molecule has 0 aliphatic carbocycles. The summed E-state index contributed by atoms with van der Waals surface area (Å²) in [5, 5.41) is 6.63. The van der Waals surface area contributed by atoms with E-state index in [0.717, 1.165) is 11.4 Å². The van der Waals surface area contributed by atoms with Crippen LogP contribution in [0.25, 0.3) is 11.4 Å². The highest BCUT2D eigenvalue weighted by Gasteiger charge is 2.29. The van der Waals surface area contributed by atoms with E-state index in [4.69, 9.17) is 4.74 Å². The Hall–Kier alpha value is -3.68. The molecule has 2 heterocycles. The summed E-state index contributed by atoms with van der Waals surface area (Å²) >= 11 is 0. The molecule has 0 saturated carbocycles. The number of anilines is 1. The Morgan fingerprint density at radius 2 is 1.89 bits per heavy atom. The van der Waals surface area contributed by atoms with Gasteiger partial charge in [0.2, 0.25) is 5.91 Å². The van der Waals surface area contributed by atoms with Gasteiger partial charge >= 0.3 is 0 Å². The standard InChI is InChI=1S/C20H19N5O3/c1-28-15-8-6-14(7-9-15)25-11-10-24(12-18(25)26)20(27)17-5-3-2-4-16(17)19-21-13-22-23-19/h2-9,13H,10-12H2,1H3,(H,21,22,23). The van der Waals surface area contributed by atoms with Crippen LogP contribution in [-0.2, 0) is 4.79 Å². The molecule has 0 spiro atoms. The summed E-state index contributed by atoms with van der Waals surface area (Å²) in [5.41, 5.74) is 1.94. The van der Waals surface area contributed by atoms with Crippen molar-refractivity contribution in [1.29, 1.82) is 0 Å². The summed E-state index contributed by atoms with van der Waals surface area (Å²) in [5.74, 6) is 0.929. The van der Waals surface area contributed by atoms with Gasteiger partial charge in [0.15, 0.2) is 5.82 Å². The highest BCUT2D eigenvalue weighted by molar-refractivity contribution is 6.04. The second kappa shape index (κ2) is 7.51. The summed E-state index contributed by atoms with van der Waals surface area (Å²) in [7, 11) is 1.60. The minimum atomic E-state index is -0.199. The lowest BCUT2D eigenvalue weighted by Crippen LogP contribution is -2.52. The van der Waals surface area contributed by atoms with Crippen molar-refractivity contribution in [3.8, 4) is 17.1 Å². The number of ether oxygens (including phenoxy) is 1. The van der Waals surface area contributed by atoms with Crippen LogP contribution in [0.3, 0.4) is 0 Å². The summed E-state index contributed by atoms with van der Waals surface area (Å²) in [6.45, 7) is 0.901. The first kappa shape index (κ1) is 17.7. The third-order valence-corrected chi connectivity index (χ3v) is 4.72. The van der Waals surface area contributed by atoms with Gasteiger partial charge in [-0.2, -0.15) is 5.10 Å². The van der Waals surface area contributed by atoms with E-state index in [2.05, 4.69) is 15.2 Å². The van der Waals surface area contributed by atoms with Crippen LogP contribution in [0, 0.1) is 0 Å². The predicted octanol–water partition coefficient (Wildman–Crippen LogP) is 1.97. The van der Waals surface area contributed by atoms with Crippen molar-refractivity contribution in [2.45, 2.75) is 0 Å². The molecule has 1 aliphatic rings.